The highest BCUT2D eigenvalue weighted by Gasteiger charge is 2.02. The third kappa shape index (κ3) is 2.28. The standard InChI is InChI=1S/C11H11ClN4/c1-16(2)10-4-3-8(7-14-10)9-5-6-13-11(12)15-9/h3-7H,1-2H3. The summed E-state index contributed by atoms with van der Waals surface area (Å²) in [7, 11) is 3.90. The number of hydrogen-bond acceptors (Lipinski definition) is 4. The van der Waals surface area contributed by atoms with Crippen molar-refractivity contribution in [3.63, 3.8) is 0 Å². The van der Waals surface area contributed by atoms with Crippen molar-refractivity contribution in [3.8, 4) is 11.3 Å². The van der Waals surface area contributed by atoms with Gasteiger partial charge in [-0.3, -0.25) is 0 Å². The first-order chi connectivity index (χ1) is 7.66. The zero-order valence-electron chi connectivity index (χ0n) is 9.05. The van der Waals surface area contributed by atoms with Gasteiger partial charge in [0.05, 0.1) is 5.69 Å². The number of halogens is 1. The lowest BCUT2D eigenvalue weighted by molar-refractivity contribution is 1.07. The molecule has 2 rings (SSSR count). The monoisotopic (exact) mass is 234 g/mol. The van der Waals surface area contributed by atoms with Gasteiger partial charge in [-0.05, 0) is 29.8 Å². The highest BCUT2D eigenvalue weighted by Crippen LogP contribution is 2.18. The normalized spacial score (nSPS) is 10.2. The second-order valence-electron chi connectivity index (χ2n) is 3.51. The van der Waals surface area contributed by atoms with Gasteiger partial charge in [0.15, 0.2) is 0 Å². The number of pyridine rings is 1. The zero-order chi connectivity index (χ0) is 11.5. The van der Waals surface area contributed by atoms with Crippen LogP contribution in [0, 0.1) is 0 Å². The van der Waals surface area contributed by atoms with Crippen molar-refractivity contribution < 1.29 is 0 Å². The summed E-state index contributed by atoms with van der Waals surface area (Å²) in [6, 6.07) is 5.70. The molecule has 0 atom stereocenters. The second-order valence-corrected chi connectivity index (χ2v) is 3.85. The lowest BCUT2D eigenvalue weighted by Gasteiger charge is -2.10. The summed E-state index contributed by atoms with van der Waals surface area (Å²) in [5.74, 6) is 0.906. The molecule has 0 amide bonds. The van der Waals surface area contributed by atoms with Crippen LogP contribution in [0.5, 0.6) is 0 Å². The molecule has 0 aliphatic carbocycles. The molecular weight excluding hydrogens is 224 g/mol. The van der Waals surface area contributed by atoms with Gasteiger partial charge in [-0.2, -0.15) is 0 Å². The molecule has 0 aliphatic heterocycles. The van der Waals surface area contributed by atoms with Gasteiger partial charge in [-0.1, -0.05) is 0 Å². The molecule has 5 heteroatoms. The quantitative estimate of drug-likeness (QED) is 0.748. The molecule has 0 aliphatic rings. The van der Waals surface area contributed by atoms with Gasteiger partial charge in [0.1, 0.15) is 5.82 Å². The van der Waals surface area contributed by atoms with E-state index in [2.05, 4.69) is 15.0 Å². The number of anilines is 1. The van der Waals surface area contributed by atoms with Crippen molar-refractivity contribution in [3.05, 3.63) is 35.9 Å². The van der Waals surface area contributed by atoms with Gasteiger partial charge < -0.3 is 4.90 Å². The molecule has 0 radical (unpaired) electrons. The predicted molar refractivity (Wildman–Crippen MR) is 64.6 cm³/mol. The van der Waals surface area contributed by atoms with E-state index in [1.165, 1.54) is 0 Å². The largest absolute Gasteiger partial charge is 0.363 e. The molecule has 0 saturated carbocycles. The van der Waals surface area contributed by atoms with E-state index in [4.69, 9.17) is 11.6 Å². The summed E-state index contributed by atoms with van der Waals surface area (Å²) >= 11 is 5.73. The van der Waals surface area contributed by atoms with Crippen molar-refractivity contribution in [2.45, 2.75) is 0 Å². The Bertz CT molecular complexity index is 482. The Morgan fingerprint density at radius 3 is 2.50 bits per heavy atom. The van der Waals surface area contributed by atoms with Gasteiger partial charge in [-0.15, -0.1) is 0 Å². The Morgan fingerprint density at radius 2 is 1.94 bits per heavy atom. The lowest BCUT2D eigenvalue weighted by Crippen LogP contribution is -2.10. The van der Waals surface area contributed by atoms with Gasteiger partial charge in [0, 0.05) is 32.1 Å². The number of hydrogen-bond donors (Lipinski definition) is 0. The molecule has 82 valence electrons. The highest BCUT2D eigenvalue weighted by atomic mass is 35.5. The Hall–Kier alpha value is -1.68. The maximum Gasteiger partial charge on any atom is 0.222 e. The number of rotatable bonds is 2. The molecule has 0 fully saturated rings. The minimum Gasteiger partial charge on any atom is -0.363 e. The van der Waals surface area contributed by atoms with Crippen LogP contribution in [0.25, 0.3) is 11.3 Å². The third-order valence-electron chi connectivity index (χ3n) is 2.13. The average molecular weight is 235 g/mol. The summed E-state index contributed by atoms with van der Waals surface area (Å²) in [6.07, 6.45) is 3.40. The maximum atomic E-state index is 5.73. The van der Waals surface area contributed by atoms with E-state index in [9.17, 15) is 0 Å². The van der Waals surface area contributed by atoms with Crippen LogP contribution >= 0.6 is 11.6 Å². The fourth-order valence-electron chi connectivity index (χ4n) is 1.30. The van der Waals surface area contributed by atoms with Gasteiger partial charge in [0.2, 0.25) is 5.28 Å². The fraction of sp³-hybridized carbons (Fsp3) is 0.182. The van der Waals surface area contributed by atoms with Crippen molar-refractivity contribution in [1.29, 1.82) is 0 Å². The van der Waals surface area contributed by atoms with Crippen LogP contribution in [0.3, 0.4) is 0 Å². The molecule has 0 aromatic carbocycles. The minimum atomic E-state index is 0.245. The first kappa shape index (κ1) is 10.8. The van der Waals surface area contributed by atoms with Crippen molar-refractivity contribution in [1.82, 2.24) is 15.0 Å². The molecule has 0 N–H and O–H groups in total. The van der Waals surface area contributed by atoms with Crippen LogP contribution in [0.1, 0.15) is 0 Å². The summed E-state index contributed by atoms with van der Waals surface area (Å²) in [4.78, 5) is 14.2. The molecular formula is C11H11ClN4. The minimum absolute atomic E-state index is 0.245. The molecule has 2 aromatic rings. The van der Waals surface area contributed by atoms with E-state index in [-0.39, 0.29) is 5.28 Å². The van der Waals surface area contributed by atoms with Crippen molar-refractivity contribution >= 4 is 17.4 Å². The van der Waals surface area contributed by atoms with Gasteiger partial charge in [0.25, 0.3) is 0 Å². The van der Waals surface area contributed by atoms with Crippen molar-refractivity contribution in [2.75, 3.05) is 19.0 Å². The number of nitrogens with zero attached hydrogens (tertiary/aromatic N) is 4. The van der Waals surface area contributed by atoms with E-state index < -0.39 is 0 Å². The topological polar surface area (TPSA) is 41.9 Å². The molecule has 0 unspecified atom stereocenters. The zero-order valence-corrected chi connectivity index (χ0v) is 9.81. The van der Waals surface area contributed by atoms with Crippen LogP contribution in [0.2, 0.25) is 5.28 Å². The second kappa shape index (κ2) is 4.45. The summed E-state index contributed by atoms with van der Waals surface area (Å²) < 4.78 is 0. The molecule has 0 bridgehead atoms. The van der Waals surface area contributed by atoms with Gasteiger partial charge in [-0.25, -0.2) is 15.0 Å². The molecule has 4 nitrogen and oxygen atoms in total. The Balaban J connectivity index is 2.35. The molecule has 2 heterocycles. The maximum absolute atomic E-state index is 5.73. The summed E-state index contributed by atoms with van der Waals surface area (Å²) in [5, 5.41) is 0.245. The van der Waals surface area contributed by atoms with Crippen molar-refractivity contribution in [2.24, 2.45) is 0 Å². The summed E-state index contributed by atoms with van der Waals surface area (Å²) in [5.41, 5.74) is 1.70. The SMILES string of the molecule is CN(C)c1ccc(-c2ccnc(Cl)n2)cn1. The molecule has 0 saturated heterocycles. The molecule has 2 aromatic heterocycles. The Labute approximate surface area is 98.9 Å². The Kier molecular flexibility index (Phi) is 3.01. The average Bonchev–Trinajstić information content (AvgIpc) is 2.29. The van der Waals surface area contributed by atoms with E-state index in [0.29, 0.717) is 0 Å². The Morgan fingerprint density at radius 1 is 1.12 bits per heavy atom. The smallest absolute Gasteiger partial charge is 0.222 e. The van der Waals surface area contributed by atoms with Crippen LogP contribution in [-0.4, -0.2) is 29.0 Å². The van der Waals surface area contributed by atoms with Crippen LogP contribution in [0.15, 0.2) is 30.6 Å². The van der Waals surface area contributed by atoms with E-state index in [1.807, 2.05) is 31.1 Å². The molecule has 0 spiro atoms. The third-order valence-corrected chi connectivity index (χ3v) is 2.31. The number of aromatic nitrogens is 3. The first-order valence-corrected chi connectivity index (χ1v) is 5.17. The van der Waals surface area contributed by atoms with E-state index in [1.54, 1.807) is 18.5 Å². The lowest BCUT2D eigenvalue weighted by atomic mass is 10.2. The van der Waals surface area contributed by atoms with Gasteiger partial charge >= 0.3 is 0 Å². The van der Waals surface area contributed by atoms with Crippen LogP contribution < -0.4 is 4.90 Å². The van der Waals surface area contributed by atoms with Crippen LogP contribution in [-0.2, 0) is 0 Å². The predicted octanol–water partition coefficient (Wildman–Crippen LogP) is 2.26. The van der Waals surface area contributed by atoms with E-state index in [0.717, 1.165) is 17.1 Å². The summed E-state index contributed by atoms with van der Waals surface area (Å²) in [6.45, 7) is 0. The highest BCUT2D eigenvalue weighted by molar-refractivity contribution is 6.28. The van der Waals surface area contributed by atoms with Crippen LogP contribution in [0.4, 0.5) is 5.82 Å². The fourth-order valence-corrected chi connectivity index (χ4v) is 1.45. The van der Waals surface area contributed by atoms with E-state index >= 15 is 0 Å². The first-order valence-electron chi connectivity index (χ1n) is 4.79. The molecule has 16 heavy (non-hydrogen) atoms.